The molecule has 2 N–H and O–H groups in total. The Hall–Kier alpha value is -1.35. The van der Waals surface area contributed by atoms with E-state index >= 15 is 0 Å². The molecule has 3 heteroatoms. The fraction of sp³-hybridized carbons (Fsp3) is 0.533. The number of likely N-dealkylation sites (N-methyl/N-ethyl adjacent to an activating group) is 1. The van der Waals surface area contributed by atoms with Crippen molar-refractivity contribution in [1.29, 1.82) is 0 Å². The summed E-state index contributed by atoms with van der Waals surface area (Å²) in [6, 6.07) is 6.20. The van der Waals surface area contributed by atoms with Crippen molar-refractivity contribution in [1.82, 2.24) is 4.90 Å². The van der Waals surface area contributed by atoms with Crippen LogP contribution >= 0.6 is 0 Å². The first-order valence-corrected chi connectivity index (χ1v) is 6.59. The molecule has 0 bridgehead atoms. The summed E-state index contributed by atoms with van der Waals surface area (Å²) in [6.07, 6.45) is 2.40. The standard InChI is InChI=1S/C15H22N2O/c1-10-4-5-11(2)13(8-10)15(18)17(3)14(9-16)12-6-7-12/h4-5,8,12,14H,6-7,9,16H2,1-3H3. The van der Waals surface area contributed by atoms with Crippen LogP contribution in [0.2, 0.25) is 0 Å². The number of carbonyl (C=O) groups is 1. The van der Waals surface area contributed by atoms with Crippen LogP contribution in [0.1, 0.15) is 34.3 Å². The maximum Gasteiger partial charge on any atom is 0.254 e. The molecule has 1 unspecified atom stereocenters. The van der Waals surface area contributed by atoms with Gasteiger partial charge in [0.05, 0.1) is 0 Å². The van der Waals surface area contributed by atoms with Crippen molar-refractivity contribution >= 4 is 5.91 Å². The van der Waals surface area contributed by atoms with Crippen LogP contribution in [-0.2, 0) is 0 Å². The smallest absolute Gasteiger partial charge is 0.254 e. The van der Waals surface area contributed by atoms with E-state index in [1.54, 1.807) is 0 Å². The molecule has 1 aliphatic carbocycles. The lowest BCUT2D eigenvalue weighted by Crippen LogP contribution is -2.43. The van der Waals surface area contributed by atoms with Crippen LogP contribution in [0, 0.1) is 19.8 Å². The first kappa shape index (κ1) is 13.1. The number of rotatable bonds is 4. The minimum atomic E-state index is 0.0959. The molecular formula is C15H22N2O. The first-order chi connectivity index (χ1) is 8.54. The van der Waals surface area contributed by atoms with Gasteiger partial charge in [0, 0.05) is 25.2 Å². The Bertz CT molecular complexity index is 452. The highest BCUT2D eigenvalue weighted by atomic mass is 16.2. The summed E-state index contributed by atoms with van der Waals surface area (Å²) in [6.45, 7) is 4.55. The van der Waals surface area contributed by atoms with Gasteiger partial charge < -0.3 is 10.6 Å². The third-order valence-electron chi connectivity index (χ3n) is 3.85. The fourth-order valence-corrected chi connectivity index (χ4v) is 2.45. The van der Waals surface area contributed by atoms with Crippen molar-refractivity contribution in [2.75, 3.05) is 13.6 Å². The van der Waals surface area contributed by atoms with Crippen molar-refractivity contribution in [2.24, 2.45) is 11.7 Å². The number of benzene rings is 1. The predicted octanol–water partition coefficient (Wildman–Crippen LogP) is 2.11. The molecular weight excluding hydrogens is 224 g/mol. The molecule has 98 valence electrons. The first-order valence-electron chi connectivity index (χ1n) is 6.59. The zero-order chi connectivity index (χ0) is 13.3. The van der Waals surface area contributed by atoms with Gasteiger partial charge >= 0.3 is 0 Å². The van der Waals surface area contributed by atoms with Crippen molar-refractivity contribution in [2.45, 2.75) is 32.7 Å². The van der Waals surface area contributed by atoms with E-state index in [0.717, 1.165) is 16.7 Å². The Balaban J connectivity index is 2.21. The SMILES string of the molecule is Cc1ccc(C)c(C(=O)N(C)C(CN)C2CC2)c1. The summed E-state index contributed by atoms with van der Waals surface area (Å²) < 4.78 is 0. The summed E-state index contributed by atoms with van der Waals surface area (Å²) in [5, 5.41) is 0. The van der Waals surface area contributed by atoms with E-state index in [2.05, 4.69) is 0 Å². The molecule has 1 aromatic carbocycles. The topological polar surface area (TPSA) is 46.3 Å². The average Bonchev–Trinajstić information content (AvgIpc) is 3.16. The summed E-state index contributed by atoms with van der Waals surface area (Å²) in [4.78, 5) is 14.4. The highest BCUT2D eigenvalue weighted by molar-refractivity contribution is 5.95. The molecule has 1 amide bonds. The molecule has 2 rings (SSSR count). The van der Waals surface area contributed by atoms with Crippen molar-refractivity contribution in [3.8, 4) is 0 Å². The van der Waals surface area contributed by atoms with E-state index < -0.39 is 0 Å². The largest absolute Gasteiger partial charge is 0.337 e. The zero-order valence-electron chi connectivity index (χ0n) is 11.4. The molecule has 0 spiro atoms. The Kier molecular flexibility index (Phi) is 3.71. The normalized spacial score (nSPS) is 16.4. The van der Waals surface area contributed by atoms with Gasteiger partial charge in [-0.05, 0) is 44.2 Å². The third kappa shape index (κ3) is 2.56. The molecule has 1 aromatic rings. The van der Waals surface area contributed by atoms with Crippen molar-refractivity contribution in [3.63, 3.8) is 0 Å². The Labute approximate surface area is 109 Å². The molecule has 1 atom stereocenters. The van der Waals surface area contributed by atoms with Crippen LogP contribution < -0.4 is 5.73 Å². The zero-order valence-corrected chi connectivity index (χ0v) is 11.4. The maximum absolute atomic E-state index is 12.5. The summed E-state index contributed by atoms with van der Waals surface area (Å²) in [7, 11) is 1.87. The molecule has 0 radical (unpaired) electrons. The number of nitrogens with two attached hydrogens (primary N) is 1. The quantitative estimate of drug-likeness (QED) is 0.884. The third-order valence-corrected chi connectivity index (χ3v) is 3.85. The molecule has 0 aromatic heterocycles. The van der Waals surface area contributed by atoms with Gasteiger partial charge in [0.1, 0.15) is 0 Å². The predicted molar refractivity (Wildman–Crippen MR) is 73.6 cm³/mol. The number of aryl methyl sites for hydroxylation is 2. The molecule has 0 heterocycles. The van der Waals surface area contributed by atoms with E-state index in [-0.39, 0.29) is 11.9 Å². The van der Waals surface area contributed by atoms with Crippen molar-refractivity contribution < 1.29 is 4.79 Å². The minimum Gasteiger partial charge on any atom is -0.337 e. The maximum atomic E-state index is 12.5. The highest BCUT2D eigenvalue weighted by Crippen LogP contribution is 2.35. The fourth-order valence-electron chi connectivity index (χ4n) is 2.45. The average molecular weight is 246 g/mol. The molecule has 3 nitrogen and oxygen atoms in total. The second-order valence-corrected chi connectivity index (χ2v) is 5.37. The van der Waals surface area contributed by atoms with E-state index in [1.165, 1.54) is 12.8 Å². The monoisotopic (exact) mass is 246 g/mol. The van der Waals surface area contributed by atoms with Gasteiger partial charge in [0.2, 0.25) is 0 Å². The summed E-state index contributed by atoms with van der Waals surface area (Å²) >= 11 is 0. The highest BCUT2D eigenvalue weighted by Gasteiger charge is 2.35. The lowest BCUT2D eigenvalue weighted by molar-refractivity contribution is 0.0718. The number of carbonyl (C=O) groups excluding carboxylic acids is 1. The van der Waals surface area contributed by atoms with Crippen LogP contribution in [0.25, 0.3) is 0 Å². The van der Waals surface area contributed by atoms with Gasteiger partial charge in [-0.2, -0.15) is 0 Å². The van der Waals surface area contributed by atoms with Crippen LogP contribution in [0.5, 0.6) is 0 Å². The minimum absolute atomic E-state index is 0.0959. The molecule has 1 fully saturated rings. The Morgan fingerprint density at radius 1 is 1.44 bits per heavy atom. The Morgan fingerprint density at radius 2 is 2.11 bits per heavy atom. The number of amides is 1. The van der Waals surface area contributed by atoms with E-state index in [4.69, 9.17) is 5.73 Å². The number of nitrogens with zero attached hydrogens (tertiary/aromatic N) is 1. The summed E-state index contributed by atoms with van der Waals surface area (Å²) in [5.41, 5.74) is 8.76. The van der Waals surface area contributed by atoms with Gasteiger partial charge in [0.15, 0.2) is 0 Å². The van der Waals surface area contributed by atoms with E-state index in [1.807, 2.05) is 44.0 Å². The molecule has 18 heavy (non-hydrogen) atoms. The van der Waals surface area contributed by atoms with E-state index in [0.29, 0.717) is 12.5 Å². The van der Waals surface area contributed by atoms with Crippen LogP contribution in [0.15, 0.2) is 18.2 Å². The molecule has 0 aliphatic heterocycles. The molecule has 1 aliphatic rings. The number of hydrogen-bond donors (Lipinski definition) is 1. The molecule has 1 saturated carbocycles. The summed E-state index contributed by atoms with van der Waals surface area (Å²) in [5.74, 6) is 0.701. The van der Waals surface area contributed by atoms with Crippen LogP contribution in [-0.4, -0.2) is 30.4 Å². The van der Waals surface area contributed by atoms with Gasteiger partial charge in [-0.25, -0.2) is 0 Å². The van der Waals surface area contributed by atoms with Crippen LogP contribution in [0.4, 0.5) is 0 Å². The second-order valence-electron chi connectivity index (χ2n) is 5.37. The van der Waals surface area contributed by atoms with Gasteiger partial charge in [-0.1, -0.05) is 17.7 Å². The Morgan fingerprint density at radius 3 is 2.67 bits per heavy atom. The lowest BCUT2D eigenvalue weighted by atomic mass is 10.0. The molecule has 0 saturated heterocycles. The van der Waals surface area contributed by atoms with Gasteiger partial charge in [-0.15, -0.1) is 0 Å². The van der Waals surface area contributed by atoms with Crippen LogP contribution in [0.3, 0.4) is 0 Å². The second kappa shape index (κ2) is 5.11. The van der Waals surface area contributed by atoms with Crippen molar-refractivity contribution in [3.05, 3.63) is 34.9 Å². The number of hydrogen-bond acceptors (Lipinski definition) is 2. The van der Waals surface area contributed by atoms with Gasteiger partial charge in [-0.3, -0.25) is 4.79 Å². The lowest BCUT2D eigenvalue weighted by Gasteiger charge is -2.27. The van der Waals surface area contributed by atoms with E-state index in [9.17, 15) is 4.79 Å². The van der Waals surface area contributed by atoms with Gasteiger partial charge in [0.25, 0.3) is 5.91 Å².